The fourth-order valence-electron chi connectivity index (χ4n) is 1.50. The molecule has 1 aliphatic heterocycles. The first-order valence-electron chi connectivity index (χ1n) is 4.16. The van der Waals surface area contributed by atoms with Crippen LogP contribution in [0.15, 0.2) is 12.2 Å². The number of nitrogens with one attached hydrogen (secondary N) is 1. The Labute approximate surface area is 67.7 Å². The van der Waals surface area contributed by atoms with E-state index in [1.165, 1.54) is 12.8 Å². The third kappa shape index (κ3) is 2.85. The summed E-state index contributed by atoms with van der Waals surface area (Å²) in [7, 11) is 0. The second-order valence-corrected chi connectivity index (χ2v) is 3.17. The molecule has 62 valence electrons. The zero-order valence-corrected chi connectivity index (χ0v) is 6.81. The van der Waals surface area contributed by atoms with Gasteiger partial charge in [-0.2, -0.15) is 0 Å². The smallest absolute Gasteiger partial charge is 0.145 e. The Hall–Kier alpha value is -0.630. The molecule has 0 aromatic carbocycles. The molecule has 1 saturated heterocycles. The average Bonchev–Trinajstić information content (AvgIpc) is 2.06. The number of hydrogen-bond donors (Lipinski definition) is 1. The molecule has 0 spiro atoms. The van der Waals surface area contributed by atoms with Crippen LogP contribution in [0, 0.1) is 5.92 Å². The van der Waals surface area contributed by atoms with Crippen molar-refractivity contribution in [1.82, 2.24) is 5.32 Å². The monoisotopic (exact) mass is 153 g/mol. The van der Waals surface area contributed by atoms with Gasteiger partial charge in [0.25, 0.3) is 0 Å². The molecule has 0 aromatic heterocycles. The van der Waals surface area contributed by atoms with E-state index in [0.717, 1.165) is 31.4 Å². The summed E-state index contributed by atoms with van der Waals surface area (Å²) in [5.74, 6) is 0.689. The third-order valence-corrected chi connectivity index (χ3v) is 2.18. The molecule has 0 bridgehead atoms. The predicted molar refractivity (Wildman–Crippen MR) is 45.4 cm³/mol. The average molecular weight is 153 g/mol. The van der Waals surface area contributed by atoms with Crippen molar-refractivity contribution in [3.63, 3.8) is 0 Å². The van der Waals surface area contributed by atoms with Gasteiger partial charge in [-0.25, -0.2) is 0 Å². The Kier molecular flexibility index (Phi) is 3.30. The standard InChI is InChI=1S/C9H15NO/c1-8(7-11)6-9-2-4-10-5-3-9/h7,9-10H,1-6H2. The lowest BCUT2D eigenvalue weighted by atomic mass is 9.92. The van der Waals surface area contributed by atoms with E-state index >= 15 is 0 Å². The summed E-state index contributed by atoms with van der Waals surface area (Å²) in [6.45, 7) is 5.87. The van der Waals surface area contributed by atoms with Crippen molar-refractivity contribution in [2.24, 2.45) is 5.92 Å². The summed E-state index contributed by atoms with van der Waals surface area (Å²) in [6, 6.07) is 0. The molecule has 0 radical (unpaired) electrons. The Morgan fingerprint density at radius 2 is 2.18 bits per heavy atom. The van der Waals surface area contributed by atoms with Crippen LogP contribution in [0.1, 0.15) is 19.3 Å². The van der Waals surface area contributed by atoms with E-state index in [1.807, 2.05) is 0 Å². The summed E-state index contributed by atoms with van der Waals surface area (Å²) in [5, 5.41) is 3.29. The van der Waals surface area contributed by atoms with E-state index in [0.29, 0.717) is 5.92 Å². The summed E-state index contributed by atoms with van der Waals surface area (Å²) in [5.41, 5.74) is 0.747. The summed E-state index contributed by atoms with van der Waals surface area (Å²) in [4.78, 5) is 10.3. The molecule has 1 aliphatic rings. The minimum atomic E-state index is 0.689. The van der Waals surface area contributed by atoms with E-state index in [1.54, 1.807) is 0 Å². The molecule has 0 atom stereocenters. The molecule has 11 heavy (non-hydrogen) atoms. The number of allylic oxidation sites excluding steroid dienone is 1. The second kappa shape index (κ2) is 4.29. The molecule has 1 fully saturated rings. The number of carbonyl (C=O) groups is 1. The maximum absolute atomic E-state index is 10.3. The lowest BCUT2D eigenvalue weighted by Gasteiger charge is -2.21. The van der Waals surface area contributed by atoms with Gasteiger partial charge >= 0.3 is 0 Å². The predicted octanol–water partition coefficient (Wildman–Crippen LogP) is 1.13. The van der Waals surface area contributed by atoms with Gasteiger partial charge in [-0.1, -0.05) is 6.58 Å². The fourth-order valence-corrected chi connectivity index (χ4v) is 1.50. The van der Waals surface area contributed by atoms with Crippen LogP contribution in [-0.2, 0) is 4.79 Å². The number of aldehydes is 1. The highest BCUT2D eigenvalue weighted by Gasteiger charge is 2.13. The molecule has 1 heterocycles. The van der Waals surface area contributed by atoms with Crippen LogP contribution >= 0.6 is 0 Å². The van der Waals surface area contributed by atoms with Gasteiger partial charge in [0.2, 0.25) is 0 Å². The van der Waals surface area contributed by atoms with Crippen molar-refractivity contribution in [3.05, 3.63) is 12.2 Å². The highest BCUT2D eigenvalue weighted by atomic mass is 16.1. The van der Waals surface area contributed by atoms with Gasteiger partial charge in [0.05, 0.1) is 0 Å². The summed E-state index contributed by atoms with van der Waals surface area (Å²) in [6.07, 6.45) is 4.15. The molecule has 2 nitrogen and oxygen atoms in total. The maximum atomic E-state index is 10.3. The Morgan fingerprint density at radius 1 is 1.55 bits per heavy atom. The van der Waals surface area contributed by atoms with E-state index < -0.39 is 0 Å². The van der Waals surface area contributed by atoms with E-state index in [4.69, 9.17) is 0 Å². The highest BCUT2D eigenvalue weighted by molar-refractivity contribution is 5.71. The van der Waals surface area contributed by atoms with Crippen LogP contribution in [0.3, 0.4) is 0 Å². The molecule has 0 aliphatic carbocycles. The number of piperidine rings is 1. The van der Waals surface area contributed by atoms with Crippen molar-refractivity contribution < 1.29 is 4.79 Å². The Bertz CT molecular complexity index is 148. The van der Waals surface area contributed by atoms with Crippen molar-refractivity contribution in [2.45, 2.75) is 19.3 Å². The SMILES string of the molecule is C=C(C=O)CC1CCNCC1. The zero-order valence-electron chi connectivity index (χ0n) is 6.81. The number of hydrogen-bond acceptors (Lipinski definition) is 2. The van der Waals surface area contributed by atoms with Crippen molar-refractivity contribution >= 4 is 6.29 Å². The first kappa shape index (κ1) is 8.47. The lowest BCUT2D eigenvalue weighted by Crippen LogP contribution is -2.27. The van der Waals surface area contributed by atoms with Gasteiger partial charge < -0.3 is 5.32 Å². The van der Waals surface area contributed by atoms with Crippen LogP contribution in [0.2, 0.25) is 0 Å². The molecular weight excluding hydrogens is 138 g/mol. The Balaban J connectivity index is 2.24. The first-order valence-corrected chi connectivity index (χ1v) is 4.16. The van der Waals surface area contributed by atoms with Crippen LogP contribution in [-0.4, -0.2) is 19.4 Å². The minimum Gasteiger partial charge on any atom is -0.317 e. The second-order valence-electron chi connectivity index (χ2n) is 3.17. The molecular formula is C9H15NO. The Morgan fingerprint density at radius 3 is 2.73 bits per heavy atom. The largest absolute Gasteiger partial charge is 0.317 e. The lowest BCUT2D eigenvalue weighted by molar-refractivity contribution is -0.105. The summed E-state index contributed by atoms with van der Waals surface area (Å²) < 4.78 is 0. The van der Waals surface area contributed by atoms with Gasteiger partial charge in [0.1, 0.15) is 6.29 Å². The van der Waals surface area contributed by atoms with Crippen molar-refractivity contribution in [1.29, 1.82) is 0 Å². The van der Waals surface area contributed by atoms with Gasteiger partial charge in [-0.15, -0.1) is 0 Å². The van der Waals surface area contributed by atoms with Crippen molar-refractivity contribution in [2.75, 3.05) is 13.1 Å². The molecule has 0 amide bonds. The zero-order chi connectivity index (χ0) is 8.10. The van der Waals surface area contributed by atoms with Crippen LogP contribution < -0.4 is 5.32 Å². The quantitative estimate of drug-likeness (QED) is 0.486. The molecule has 0 saturated carbocycles. The molecule has 0 unspecified atom stereocenters. The topological polar surface area (TPSA) is 29.1 Å². The van der Waals surface area contributed by atoms with E-state index in [9.17, 15) is 4.79 Å². The van der Waals surface area contributed by atoms with Gasteiger partial charge in [0.15, 0.2) is 0 Å². The normalized spacial score (nSPS) is 19.6. The van der Waals surface area contributed by atoms with Gasteiger partial charge in [-0.3, -0.25) is 4.79 Å². The fraction of sp³-hybridized carbons (Fsp3) is 0.667. The molecule has 1 rings (SSSR count). The van der Waals surface area contributed by atoms with Gasteiger partial charge in [-0.05, 0) is 43.8 Å². The minimum absolute atomic E-state index is 0.689. The van der Waals surface area contributed by atoms with Crippen LogP contribution in [0.5, 0.6) is 0 Å². The van der Waals surface area contributed by atoms with Crippen LogP contribution in [0.4, 0.5) is 0 Å². The van der Waals surface area contributed by atoms with Crippen molar-refractivity contribution in [3.8, 4) is 0 Å². The van der Waals surface area contributed by atoms with Crippen LogP contribution in [0.25, 0.3) is 0 Å². The molecule has 2 heteroatoms. The number of rotatable bonds is 3. The van der Waals surface area contributed by atoms with E-state index in [-0.39, 0.29) is 0 Å². The third-order valence-electron chi connectivity index (χ3n) is 2.18. The maximum Gasteiger partial charge on any atom is 0.145 e. The number of carbonyl (C=O) groups excluding carboxylic acids is 1. The molecule has 1 N–H and O–H groups in total. The van der Waals surface area contributed by atoms with Gasteiger partial charge in [0, 0.05) is 0 Å². The van der Waals surface area contributed by atoms with E-state index in [2.05, 4.69) is 11.9 Å². The first-order chi connectivity index (χ1) is 5.33. The molecule has 0 aromatic rings. The summed E-state index contributed by atoms with van der Waals surface area (Å²) >= 11 is 0. The highest BCUT2D eigenvalue weighted by Crippen LogP contribution is 2.18.